The number of benzene rings is 1. The second-order valence-corrected chi connectivity index (χ2v) is 6.16. The van der Waals surface area contributed by atoms with Gasteiger partial charge in [-0.1, -0.05) is 29.4 Å². The van der Waals surface area contributed by atoms with Crippen LogP contribution in [0.15, 0.2) is 28.8 Å². The normalized spacial score (nSPS) is 16.6. The smallest absolute Gasteiger partial charge is 0.243 e. The Labute approximate surface area is 140 Å². The fourth-order valence-corrected chi connectivity index (χ4v) is 3.14. The number of aromatic nitrogens is 1. The first kappa shape index (κ1) is 16.2. The van der Waals surface area contributed by atoms with Gasteiger partial charge in [-0.25, -0.2) is 0 Å². The van der Waals surface area contributed by atoms with E-state index < -0.39 is 6.04 Å². The molecule has 0 radical (unpaired) electrons. The summed E-state index contributed by atoms with van der Waals surface area (Å²) in [6.07, 6.45) is 0.531. The zero-order valence-electron chi connectivity index (χ0n) is 14.1. The van der Waals surface area contributed by atoms with Gasteiger partial charge in [-0.3, -0.25) is 9.59 Å². The maximum atomic E-state index is 12.7. The highest BCUT2D eigenvalue weighted by Gasteiger charge is 2.33. The minimum Gasteiger partial charge on any atom is -0.361 e. The van der Waals surface area contributed by atoms with E-state index >= 15 is 0 Å². The van der Waals surface area contributed by atoms with Crippen molar-refractivity contribution in [2.45, 2.75) is 46.3 Å². The number of hydrogen-bond donors (Lipinski definition) is 1. The van der Waals surface area contributed by atoms with Crippen LogP contribution in [-0.4, -0.2) is 27.9 Å². The zero-order valence-corrected chi connectivity index (χ0v) is 14.1. The molecule has 126 valence electrons. The first-order valence-corrected chi connectivity index (χ1v) is 8.01. The third-order valence-corrected chi connectivity index (χ3v) is 4.58. The minimum atomic E-state index is -0.488. The lowest BCUT2D eigenvalue weighted by Gasteiger charge is -2.35. The summed E-state index contributed by atoms with van der Waals surface area (Å²) in [6.45, 7) is 5.98. The van der Waals surface area contributed by atoms with Crippen molar-refractivity contribution < 1.29 is 14.1 Å². The molecule has 1 aliphatic rings. The van der Waals surface area contributed by atoms with E-state index in [0.29, 0.717) is 25.3 Å². The lowest BCUT2D eigenvalue weighted by Crippen LogP contribution is -2.51. The molecular weight excluding hydrogens is 306 g/mol. The first-order valence-electron chi connectivity index (χ1n) is 8.01. The van der Waals surface area contributed by atoms with Gasteiger partial charge in [-0.2, -0.15) is 0 Å². The number of aryl methyl sites for hydroxylation is 2. The van der Waals surface area contributed by atoms with E-state index in [1.165, 1.54) is 6.92 Å². The van der Waals surface area contributed by atoms with E-state index in [4.69, 9.17) is 4.52 Å². The molecule has 2 heterocycles. The maximum Gasteiger partial charge on any atom is 0.243 e. The zero-order chi connectivity index (χ0) is 17.3. The Morgan fingerprint density at radius 2 is 2.00 bits per heavy atom. The Bertz CT molecular complexity index is 762. The summed E-state index contributed by atoms with van der Waals surface area (Å²) in [7, 11) is 0. The average molecular weight is 327 g/mol. The van der Waals surface area contributed by atoms with Gasteiger partial charge in [-0.15, -0.1) is 0 Å². The van der Waals surface area contributed by atoms with Crippen molar-refractivity contribution in [2.75, 3.05) is 0 Å². The fraction of sp³-hybridized carbons (Fsp3) is 0.389. The molecular formula is C18H21N3O3. The summed E-state index contributed by atoms with van der Waals surface area (Å²) >= 11 is 0. The molecule has 1 aliphatic heterocycles. The van der Waals surface area contributed by atoms with Crippen LogP contribution in [0.4, 0.5) is 0 Å². The van der Waals surface area contributed by atoms with Crippen molar-refractivity contribution in [1.82, 2.24) is 15.4 Å². The molecule has 2 amide bonds. The molecule has 1 aromatic carbocycles. The standard InChI is InChI=1S/C18H21N3O3/c1-11-16(12(2)24-20-11)9-19-18(23)17-8-14-6-4-5-7-15(14)10-21(17)13(3)22/h4-7,17H,8-10H2,1-3H3,(H,19,23)/t17-/m0/s1. The molecule has 0 aliphatic carbocycles. The van der Waals surface area contributed by atoms with Gasteiger partial charge >= 0.3 is 0 Å². The molecule has 1 aromatic heterocycles. The molecule has 0 spiro atoms. The summed E-state index contributed by atoms with van der Waals surface area (Å²) in [5, 5.41) is 6.81. The van der Waals surface area contributed by atoms with Crippen LogP contribution in [0.3, 0.4) is 0 Å². The predicted octanol–water partition coefficient (Wildman–Crippen LogP) is 1.88. The number of carbonyl (C=O) groups excluding carboxylic acids is 2. The lowest BCUT2D eigenvalue weighted by molar-refractivity contribution is -0.140. The molecule has 0 bridgehead atoms. The van der Waals surface area contributed by atoms with Gasteiger partial charge in [0.2, 0.25) is 11.8 Å². The van der Waals surface area contributed by atoms with Crippen LogP contribution in [0.25, 0.3) is 0 Å². The highest BCUT2D eigenvalue weighted by atomic mass is 16.5. The number of hydrogen-bond acceptors (Lipinski definition) is 4. The third-order valence-electron chi connectivity index (χ3n) is 4.58. The fourth-order valence-electron chi connectivity index (χ4n) is 3.14. The van der Waals surface area contributed by atoms with E-state index in [2.05, 4.69) is 10.5 Å². The highest BCUT2D eigenvalue weighted by molar-refractivity contribution is 5.87. The Morgan fingerprint density at radius 3 is 2.62 bits per heavy atom. The number of nitrogens with zero attached hydrogens (tertiary/aromatic N) is 2. The molecule has 6 heteroatoms. The van der Waals surface area contributed by atoms with Crippen molar-refractivity contribution in [1.29, 1.82) is 0 Å². The van der Waals surface area contributed by atoms with Crippen molar-refractivity contribution in [3.63, 3.8) is 0 Å². The summed E-state index contributed by atoms with van der Waals surface area (Å²) in [4.78, 5) is 26.3. The highest BCUT2D eigenvalue weighted by Crippen LogP contribution is 2.23. The van der Waals surface area contributed by atoms with E-state index in [-0.39, 0.29) is 11.8 Å². The Morgan fingerprint density at radius 1 is 1.29 bits per heavy atom. The molecule has 0 saturated carbocycles. The van der Waals surface area contributed by atoms with Crippen LogP contribution in [0.1, 0.15) is 35.1 Å². The topological polar surface area (TPSA) is 75.4 Å². The number of nitrogens with one attached hydrogen (secondary N) is 1. The van der Waals surface area contributed by atoms with Crippen molar-refractivity contribution in [2.24, 2.45) is 0 Å². The van der Waals surface area contributed by atoms with Crippen molar-refractivity contribution in [3.8, 4) is 0 Å². The van der Waals surface area contributed by atoms with E-state index in [1.54, 1.807) is 4.90 Å². The van der Waals surface area contributed by atoms with E-state index in [0.717, 1.165) is 22.4 Å². The van der Waals surface area contributed by atoms with E-state index in [1.807, 2.05) is 38.1 Å². The monoisotopic (exact) mass is 327 g/mol. The quantitative estimate of drug-likeness (QED) is 0.934. The van der Waals surface area contributed by atoms with Crippen molar-refractivity contribution in [3.05, 3.63) is 52.4 Å². The Kier molecular flexibility index (Phi) is 4.38. The molecule has 2 aromatic rings. The van der Waals surface area contributed by atoms with Gasteiger partial charge in [0.25, 0.3) is 0 Å². The molecule has 1 N–H and O–H groups in total. The Balaban J connectivity index is 1.76. The molecule has 0 fully saturated rings. The Hall–Kier alpha value is -2.63. The predicted molar refractivity (Wildman–Crippen MR) is 88.0 cm³/mol. The number of rotatable bonds is 3. The van der Waals surface area contributed by atoms with Crippen molar-refractivity contribution >= 4 is 11.8 Å². The molecule has 0 unspecified atom stereocenters. The molecule has 1 atom stereocenters. The maximum absolute atomic E-state index is 12.7. The van der Waals surface area contributed by atoms with Crippen LogP contribution in [0, 0.1) is 13.8 Å². The largest absolute Gasteiger partial charge is 0.361 e. The molecule has 24 heavy (non-hydrogen) atoms. The number of amides is 2. The first-order chi connectivity index (χ1) is 11.5. The van der Waals surface area contributed by atoms with Gasteiger partial charge in [0.05, 0.1) is 5.69 Å². The summed E-state index contributed by atoms with van der Waals surface area (Å²) in [5.41, 5.74) is 3.87. The second-order valence-electron chi connectivity index (χ2n) is 6.16. The SMILES string of the molecule is CC(=O)N1Cc2ccccc2C[C@H]1C(=O)NCc1c(C)noc1C. The van der Waals surface area contributed by atoms with Gasteiger partial charge in [0.1, 0.15) is 11.8 Å². The van der Waals surface area contributed by atoms with Crippen LogP contribution in [0.2, 0.25) is 0 Å². The summed E-state index contributed by atoms with van der Waals surface area (Å²) in [5.74, 6) is 0.451. The minimum absolute atomic E-state index is 0.0954. The van der Waals surface area contributed by atoms with Crippen LogP contribution in [0.5, 0.6) is 0 Å². The van der Waals surface area contributed by atoms with Gasteiger partial charge in [0.15, 0.2) is 0 Å². The lowest BCUT2D eigenvalue weighted by atomic mass is 9.93. The molecule has 3 rings (SSSR count). The van der Waals surface area contributed by atoms with E-state index in [9.17, 15) is 9.59 Å². The number of fused-ring (bicyclic) bond motifs is 1. The van der Waals surface area contributed by atoms with Gasteiger partial charge in [-0.05, 0) is 25.0 Å². The van der Waals surface area contributed by atoms with Crippen LogP contribution in [-0.2, 0) is 29.1 Å². The van der Waals surface area contributed by atoms with Gasteiger partial charge < -0.3 is 14.7 Å². The number of carbonyl (C=O) groups is 2. The third kappa shape index (κ3) is 3.04. The summed E-state index contributed by atoms with van der Waals surface area (Å²) < 4.78 is 5.11. The molecule has 6 nitrogen and oxygen atoms in total. The van der Waals surface area contributed by atoms with Gasteiger partial charge in [0, 0.05) is 32.0 Å². The second kappa shape index (κ2) is 6.47. The molecule has 0 saturated heterocycles. The average Bonchev–Trinajstić information content (AvgIpc) is 2.89. The summed E-state index contributed by atoms with van der Waals surface area (Å²) in [6, 6.07) is 7.44. The van der Waals surface area contributed by atoms with Crippen LogP contribution >= 0.6 is 0 Å². The van der Waals surface area contributed by atoms with Crippen LogP contribution < -0.4 is 5.32 Å².